The fraction of sp³-hybridized carbons (Fsp3) is 0.188. The van der Waals surface area contributed by atoms with Crippen LogP contribution in [0.5, 0.6) is 0 Å². The molecule has 0 bridgehead atoms. The Kier molecular flexibility index (Phi) is 4.38. The topological polar surface area (TPSA) is 29.1 Å². The number of carbonyl (C=O) groups is 1. The quantitative estimate of drug-likeness (QED) is 0.832. The maximum Gasteiger partial charge on any atom is 0.255 e. The Bertz CT molecular complexity index is 607. The van der Waals surface area contributed by atoms with Crippen LogP contribution < -0.4 is 5.32 Å². The molecule has 0 saturated carbocycles. The molecule has 0 fully saturated rings. The Balaban J connectivity index is 2.23. The number of rotatable bonds is 3. The van der Waals surface area contributed by atoms with Crippen LogP contribution in [0, 0.1) is 13.8 Å². The molecule has 0 saturated heterocycles. The van der Waals surface area contributed by atoms with Crippen molar-refractivity contribution in [3.05, 3.63) is 64.7 Å². The molecule has 0 aliphatic carbocycles. The number of anilines is 1. The minimum absolute atomic E-state index is 0.0621. The van der Waals surface area contributed by atoms with Gasteiger partial charge in [0.25, 0.3) is 5.91 Å². The number of hydrogen-bond donors (Lipinski definition) is 1. The van der Waals surface area contributed by atoms with Gasteiger partial charge in [-0.2, -0.15) is 0 Å². The molecule has 0 aliphatic heterocycles. The first kappa shape index (κ1) is 13.8. The molecule has 0 aliphatic rings. The molecule has 2 rings (SSSR count). The van der Waals surface area contributed by atoms with Crippen molar-refractivity contribution in [1.29, 1.82) is 0 Å². The number of carbonyl (C=O) groups excluding carboxylic acids is 1. The maximum absolute atomic E-state index is 12.3. The first-order valence-electron chi connectivity index (χ1n) is 6.13. The third-order valence-corrected chi connectivity index (χ3v) is 3.62. The Hall–Kier alpha value is -1.61. The first-order chi connectivity index (χ1) is 9.10. The van der Waals surface area contributed by atoms with E-state index in [1.807, 2.05) is 56.3 Å². The van der Waals surface area contributed by atoms with Crippen molar-refractivity contribution in [3.63, 3.8) is 0 Å². The minimum atomic E-state index is -0.0621. The molecule has 0 atom stereocenters. The minimum Gasteiger partial charge on any atom is -0.322 e. The molecule has 3 heteroatoms. The number of alkyl halides is 1. The van der Waals surface area contributed by atoms with E-state index >= 15 is 0 Å². The number of hydrogen-bond acceptors (Lipinski definition) is 1. The summed E-state index contributed by atoms with van der Waals surface area (Å²) in [6.07, 6.45) is 0. The molecule has 19 heavy (non-hydrogen) atoms. The highest BCUT2D eigenvalue weighted by Gasteiger charge is 2.09. The van der Waals surface area contributed by atoms with Gasteiger partial charge in [0.05, 0.1) is 0 Å². The van der Waals surface area contributed by atoms with E-state index in [1.54, 1.807) is 0 Å². The Labute approximate surface area is 122 Å². The summed E-state index contributed by atoms with van der Waals surface area (Å²) in [4.78, 5) is 12.3. The lowest BCUT2D eigenvalue weighted by Crippen LogP contribution is -2.13. The monoisotopic (exact) mass is 317 g/mol. The van der Waals surface area contributed by atoms with Crippen LogP contribution in [0.3, 0.4) is 0 Å². The Morgan fingerprint density at radius 2 is 1.95 bits per heavy atom. The highest BCUT2D eigenvalue weighted by molar-refractivity contribution is 9.08. The molecule has 0 aromatic heterocycles. The van der Waals surface area contributed by atoms with Crippen LogP contribution in [0.25, 0.3) is 0 Å². The van der Waals surface area contributed by atoms with Crippen molar-refractivity contribution in [2.75, 3.05) is 5.32 Å². The SMILES string of the molecule is Cc1ccc(C)c(C(=O)Nc2cccc(CBr)c2)c1. The van der Waals surface area contributed by atoms with Crippen molar-refractivity contribution in [2.45, 2.75) is 19.2 Å². The van der Waals surface area contributed by atoms with Gasteiger partial charge in [-0.1, -0.05) is 45.8 Å². The lowest BCUT2D eigenvalue weighted by Gasteiger charge is -2.09. The van der Waals surface area contributed by atoms with Gasteiger partial charge in [0.2, 0.25) is 0 Å². The number of amides is 1. The second kappa shape index (κ2) is 6.02. The van der Waals surface area contributed by atoms with E-state index in [0.717, 1.165) is 33.3 Å². The molecular formula is C16H16BrNO. The zero-order valence-electron chi connectivity index (χ0n) is 11.0. The van der Waals surface area contributed by atoms with Gasteiger partial charge in [0, 0.05) is 16.6 Å². The molecule has 0 heterocycles. The zero-order valence-corrected chi connectivity index (χ0v) is 12.6. The average Bonchev–Trinajstić information content (AvgIpc) is 2.41. The van der Waals surface area contributed by atoms with Gasteiger partial charge in [-0.05, 0) is 43.2 Å². The Morgan fingerprint density at radius 1 is 1.16 bits per heavy atom. The number of halogens is 1. The number of aryl methyl sites for hydroxylation is 2. The third kappa shape index (κ3) is 3.44. The van der Waals surface area contributed by atoms with Crippen LogP contribution in [0.1, 0.15) is 27.0 Å². The first-order valence-corrected chi connectivity index (χ1v) is 7.26. The smallest absolute Gasteiger partial charge is 0.255 e. The van der Waals surface area contributed by atoms with Crippen molar-refractivity contribution < 1.29 is 4.79 Å². The van der Waals surface area contributed by atoms with Gasteiger partial charge in [-0.15, -0.1) is 0 Å². The molecule has 1 amide bonds. The van der Waals surface area contributed by atoms with E-state index < -0.39 is 0 Å². The lowest BCUT2D eigenvalue weighted by atomic mass is 10.0. The fourth-order valence-corrected chi connectivity index (χ4v) is 2.26. The lowest BCUT2D eigenvalue weighted by molar-refractivity contribution is 0.102. The normalized spacial score (nSPS) is 10.3. The van der Waals surface area contributed by atoms with E-state index in [2.05, 4.69) is 21.2 Å². The molecule has 1 N–H and O–H groups in total. The van der Waals surface area contributed by atoms with Gasteiger partial charge in [-0.25, -0.2) is 0 Å². The molecule has 0 unspecified atom stereocenters. The van der Waals surface area contributed by atoms with Crippen LogP contribution >= 0.6 is 15.9 Å². The highest BCUT2D eigenvalue weighted by Crippen LogP contribution is 2.16. The van der Waals surface area contributed by atoms with Crippen LogP contribution in [0.4, 0.5) is 5.69 Å². The summed E-state index contributed by atoms with van der Waals surface area (Å²) in [7, 11) is 0. The second-order valence-corrected chi connectivity index (χ2v) is 5.17. The van der Waals surface area contributed by atoms with E-state index in [1.165, 1.54) is 0 Å². The van der Waals surface area contributed by atoms with Crippen molar-refractivity contribution in [2.24, 2.45) is 0 Å². The van der Waals surface area contributed by atoms with Crippen LogP contribution in [-0.2, 0) is 5.33 Å². The average molecular weight is 318 g/mol. The highest BCUT2D eigenvalue weighted by atomic mass is 79.9. The van der Waals surface area contributed by atoms with Crippen molar-refractivity contribution in [3.8, 4) is 0 Å². The summed E-state index contributed by atoms with van der Waals surface area (Å²) in [5.41, 5.74) is 4.76. The van der Waals surface area contributed by atoms with E-state index in [-0.39, 0.29) is 5.91 Å². The molecule has 0 spiro atoms. The zero-order chi connectivity index (χ0) is 13.8. The summed E-state index contributed by atoms with van der Waals surface area (Å²) >= 11 is 3.41. The molecule has 0 radical (unpaired) electrons. The molecule has 2 aromatic rings. The summed E-state index contributed by atoms with van der Waals surface area (Å²) in [6.45, 7) is 3.94. The number of benzene rings is 2. The van der Waals surface area contributed by atoms with Crippen LogP contribution in [-0.4, -0.2) is 5.91 Å². The third-order valence-electron chi connectivity index (χ3n) is 2.98. The molecular weight excluding hydrogens is 302 g/mol. The predicted octanol–water partition coefficient (Wildman–Crippen LogP) is 4.45. The summed E-state index contributed by atoms with van der Waals surface area (Å²) < 4.78 is 0. The van der Waals surface area contributed by atoms with E-state index in [0.29, 0.717) is 0 Å². The predicted molar refractivity (Wildman–Crippen MR) is 82.9 cm³/mol. The summed E-state index contributed by atoms with van der Waals surface area (Å²) in [5.74, 6) is -0.0621. The maximum atomic E-state index is 12.3. The molecule has 98 valence electrons. The van der Waals surface area contributed by atoms with Gasteiger partial charge in [0.15, 0.2) is 0 Å². The van der Waals surface area contributed by atoms with Crippen molar-refractivity contribution >= 4 is 27.5 Å². The van der Waals surface area contributed by atoms with E-state index in [4.69, 9.17) is 0 Å². The van der Waals surface area contributed by atoms with Crippen molar-refractivity contribution in [1.82, 2.24) is 0 Å². The largest absolute Gasteiger partial charge is 0.322 e. The van der Waals surface area contributed by atoms with Gasteiger partial charge >= 0.3 is 0 Å². The summed E-state index contributed by atoms with van der Waals surface area (Å²) in [6, 6.07) is 13.7. The molecule has 2 nitrogen and oxygen atoms in total. The molecule has 2 aromatic carbocycles. The van der Waals surface area contributed by atoms with E-state index in [9.17, 15) is 4.79 Å². The van der Waals surface area contributed by atoms with Gasteiger partial charge < -0.3 is 5.32 Å². The number of nitrogens with one attached hydrogen (secondary N) is 1. The van der Waals surface area contributed by atoms with Crippen LogP contribution in [0.2, 0.25) is 0 Å². The fourth-order valence-electron chi connectivity index (χ4n) is 1.91. The standard InChI is InChI=1S/C16H16BrNO/c1-11-6-7-12(2)15(8-11)16(19)18-14-5-3-4-13(9-14)10-17/h3-9H,10H2,1-2H3,(H,18,19). The summed E-state index contributed by atoms with van der Waals surface area (Å²) in [5, 5.41) is 3.72. The van der Waals surface area contributed by atoms with Crippen LogP contribution in [0.15, 0.2) is 42.5 Å². The second-order valence-electron chi connectivity index (χ2n) is 4.61. The van der Waals surface area contributed by atoms with Gasteiger partial charge in [-0.3, -0.25) is 4.79 Å². The van der Waals surface area contributed by atoms with Gasteiger partial charge in [0.1, 0.15) is 0 Å². The Morgan fingerprint density at radius 3 is 2.68 bits per heavy atom.